The van der Waals surface area contributed by atoms with Crippen LogP contribution in [-0.2, 0) is 4.74 Å². The number of ether oxygens (including phenoxy) is 1. The van der Waals surface area contributed by atoms with Gasteiger partial charge < -0.3 is 4.74 Å². The van der Waals surface area contributed by atoms with Crippen LogP contribution in [0.4, 0.5) is 0 Å². The first-order valence-electron chi connectivity index (χ1n) is 7.27. The van der Waals surface area contributed by atoms with Gasteiger partial charge in [-0.2, -0.15) is 0 Å². The van der Waals surface area contributed by atoms with Crippen molar-refractivity contribution < 1.29 is 4.74 Å². The topological polar surface area (TPSA) is 9.23 Å². The molecule has 4 fully saturated rings. The van der Waals surface area contributed by atoms with Crippen molar-refractivity contribution in [3.05, 3.63) is 6.92 Å². The summed E-state index contributed by atoms with van der Waals surface area (Å²) in [6.07, 6.45) is 8.41. The molecule has 0 aromatic rings. The SMILES string of the molecule is [CH2]C12CC3CC(C1)CC(COC(C)(C)C)(C3)C2. The van der Waals surface area contributed by atoms with Gasteiger partial charge in [0.05, 0.1) is 12.2 Å². The molecule has 4 aliphatic carbocycles. The molecule has 1 nitrogen and oxygen atoms in total. The van der Waals surface area contributed by atoms with Gasteiger partial charge in [0.1, 0.15) is 0 Å². The van der Waals surface area contributed by atoms with E-state index in [0.29, 0.717) is 10.8 Å². The third-order valence-electron chi connectivity index (χ3n) is 5.11. The zero-order valence-electron chi connectivity index (χ0n) is 11.7. The van der Waals surface area contributed by atoms with E-state index in [4.69, 9.17) is 4.74 Å². The van der Waals surface area contributed by atoms with Crippen LogP contribution < -0.4 is 0 Å². The van der Waals surface area contributed by atoms with Gasteiger partial charge in [-0.05, 0) is 88.9 Å². The summed E-state index contributed by atoms with van der Waals surface area (Å²) < 4.78 is 6.13. The highest BCUT2D eigenvalue weighted by atomic mass is 16.5. The van der Waals surface area contributed by atoms with Crippen molar-refractivity contribution in [1.29, 1.82) is 0 Å². The molecule has 4 aliphatic rings. The zero-order chi connectivity index (χ0) is 12.3. The predicted molar refractivity (Wildman–Crippen MR) is 70.6 cm³/mol. The largest absolute Gasteiger partial charge is 0.375 e. The van der Waals surface area contributed by atoms with Crippen molar-refractivity contribution in [2.75, 3.05) is 6.61 Å². The molecule has 0 N–H and O–H groups in total. The van der Waals surface area contributed by atoms with Crippen LogP contribution in [0.1, 0.15) is 59.3 Å². The molecule has 0 amide bonds. The molecule has 0 spiro atoms. The van der Waals surface area contributed by atoms with Crippen molar-refractivity contribution in [2.45, 2.75) is 64.9 Å². The second-order valence-electron chi connectivity index (χ2n) is 8.36. The van der Waals surface area contributed by atoms with E-state index in [1.165, 1.54) is 38.5 Å². The Morgan fingerprint density at radius 3 is 2.18 bits per heavy atom. The maximum Gasteiger partial charge on any atom is 0.0598 e. The minimum absolute atomic E-state index is 0.0116. The van der Waals surface area contributed by atoms with E-state index >= 15 is 0 Å². The summed E-state index contributed by atoms with van der Waals surface area (Å²) in [4.78, 5) is 0. The normalized spacial score (nSPS) is 48.7. The van der Waals surface area contributed by atoms with Crippen molar-refractivity contribution >= 4 is 0 Å². The van der Waals surface area contributed by atoms with Crippen LogP contribution >= 0.6 is 0 Å². The third-order valence-corrected chi connectivity index (χ3v) is 5.11. The van der Waals surface area contributed by atoms with Gasteiger partial charge in [-0.15, -0.1) is 0 Å². The minimum atomic E-state index is 0.0116. The molecule has 0 saturated heterocycles. The Kier molecular flexibility index (Phi) is 2.47. The molecule has 4 bridgehead atoms. The summed E-state index contributed by atoms with van der Waals surface area (Å²) in [5, 5.41) is 0. The average molecular weight is 235 g/mol. The standard InChI is InChI=1S/C16H27O/c1-14(2,3)17-11-16-8-12-5-13(9-16)7-15(4,6-12)10-16/h12-13H,4-11H2,1-3H3. The van der Waals surface area contributed by atoms with Crippen molar-refractivity contribution in [2.24, 2.45) is 22.7 Å². The van der Waals surface area contributed by atoms with Crippen LogP contribution in [0.5, 0.6) is 0 Å². The second-order valence-corrected chi connectivity index (χ2v) is 8.36. The minimum Gasteiger partial charge on any atom is -0.375 e. The van der Waals surface area contributed by atoms with Gasteiger partial charge in [0.15, 0.2) is 0 Å². The maximum absolute atomic E-state index is 6.13. The van der Waals surface area contributed by atoms with Crippen LogP contribution in [0.15, 0.2) is 0 Å². The van der Waals surface area contributed by atoms with E-state index in [0.717, 1.165) is 18.4 Å². The molecular formula is C16H27O. The molecule has 4 rings (SSSR count). The summed E-state index contributed by atoms with van der Waals surface area (Å²) in [5.41, 5.74) is 0.905. The van der Waals surface area contributed by atoms with E-state index in [1.807, 2.05) is 0 Å². The van der Waals surface area contributed by atoms with Crippen LogP contribution in [-0.4, -0.2) is 12.2 Å². The van der Waals surface area contributed by atoms with E-state index in [2.05, 4.69) is 27.7 Å². The fourth-order valence-corrected chi connectivity index (χ4v) is 5.19. The number of hydrogen-bond donors (Lipinski definition) is 0. The first-order valence-corrected chi connectivity index (χ1v) is 7.27. The monoisotopic (exact) mass is 235 g/mol. The fraction of sp³-hybridized carbons (Fsp3) is 0.938. The molecule has 0 aromatic carbocycles. The zero-order valence-corrected chi connectivity index (χ0v) is 11.7. The van der Waals surface area contributed by atoms with Crippen LogP contribution in [0.2, 0.25) is 0 Å². The van der Waals surface area contributed by atoms with Gasteiger partial charge in [0.25, 0.3) is 0 Å². The predicted octanol–water partition coefficient (Wildman–Crippen LogP) is 4.22. The van der Waals surface area contributed by atoms with Crippen molar-refractivity contribution in [3.63, 3.8) is 0 Å². The molecule has 1 heteroatoms. The Balaban J connectivity index is 1.75. The van der Waals surface area contributed by atoms with E-state index < -0.39 is 0 Å². The molecule has 2 unspecified atom stereocenters. The molecule has 0 heterocycles. The van der Waals surface area contributed by atoms with Gasteiger partial charge in [0.2, 0.25) is 0 Å². The highest BCUT2D eigenvalue weighted by molar-refractivity contribution is 5.08. The lowest BCUT2D eigenvalue weighted by atomic mass is 9.45. The Morgan fingerprint density at radius 2 is 1.71 bits per heavy atom. The fourth-order valence-electron chi connectivity index (χ4n) is 5.19. The Labute approximate surface area is 106 Å². The Bertz CT molecular complexity index is 298. The lowest BCUT2D eigenvalue weighted by Gasteiger charge is -2.61. The van der Waals surface area contributed by atoms with Crippen molar-refractivity contribution in [1.82, 2.24) is 0 Å². The van der Waals surface area contributed by atoms with Crippen LogP contribution in [0.3, 0.4) is 0 Å². The van der Waals surface area contributed by atoms with Gasteiger partial charge in [-0.25, -0.2) is 0 Å². The lowest BCUT2D eigenvalue weighted by molar-refractivity contribution is -0.147. The van der Waals surface area contributed by atoms with Crippen LogP contribution in [0.25, 0.3) is 0 Å². The molecule has 4 saturated carbocycles. The van der Waals surface area contributed by atoms with E-state index in [9.17, 15) is 0 Å². The molecule has 1 radical (unpaired) electrons. The second kappa shape index (κ2) is 3.50. The molecule has 0 aliphatic heterocycles. The smallest absolute Gasteiger partial charge is 0.0598 e. The van der Waals surface area contributed by atoms with Crippen molar-refractivity contribution in [3.8, 4) is 0 Å². The Morgan fingerprint density at radius 1 is 1.12 bits per heavy atom. The van der Waals surface area contributed by atoms with Gasteiger partial charge in [-0.1, -0.05) is 0 Å². The highest BCUT2D eigenvalue weighted by Crippen LogP contribution is 2.65. The summed E-state index contributed by atoms with van der Waals surface area (Å²) >= 11 is 0. The van der Waals surface area contributed by atoms with Crippen LogP contribution in [0, 0.1) is 29.6 Å². The third kappa shape index (κ3) is 2.28. The summed E-state index contributed by atoms with van der Waals surface area (Å²) in [5.74, 6) is 1.91. The Hall–Kier alpha value is -0.0400. The first kappa shape index (κ1) is 12.0. The number of hydrogen-bond acceptors (Lipinski definition) is 1. The molecule has 0 aromatic heterocycles. The average Bonchev–Trinajstić information content (AvgIpc) is 2.09. The van der Waals surface area contributed by atoms with E-state index in [1.54, 1.807) is 0 Å². The number of rotatable bonds is 2. The summed E-state index contributed by atoms with van der Waals surface area (Å²) in [6.45, 7) is 12.1. The molecule has 17 heavy (non-hydrogen) atoms. The highest BCUT2D eigenvalue weighted by Gasteiger charge is 2.55. The summed E-state index contributed by atoms with van der Waals surface area (Å²) in [6, 6.07) is 0. The van der Waals surface area contributed by atoms with Gasteiger partial charge >= 0.3 is 0 Å². The molecular weight excluding hydrogens is 208 g/mol. The van der Waals surface area contributed by atoms with E-state index in [-0.39, 0.29) is 5.60 Å². The summed E-state index contributed by atoms with van der Waals surface area (Å²) in [7, 11) is 0. The quantitative estimate of drug-likeness (QED) is 0.696. The lowest BCUT2D eigenvalue weighted by Crippen LogP contribution is -2.53. The van der Waals surface area contributed by atoms with Gasteiger partial charge in [0, 0.05) is 0 Å². The maximum atomic E-state index is 6.13. The van der Waals surface area contributed by atoms with Gasteiger partial charge in [-0.3, -0.25) is 0 Å². The first-order chi connectivity index (χ1) is 7.78. The molecule has 2 atom stereocenters. The molecule has 97 valence electrons.